The van der Waals surface area contributed by atoms with Crippen molar-refractivity contribution in [1.82, 2.24) is 4.98 Å². The zero-order chi connectivity index (χ0) is 20.9. The standard InChI is InChI=1S/C24H27N.C2H4O2/c1-2-3-4-5-7-10-20-13-18-24(25-19-20)23-16-14-22(15-17-23)21-11-8-6-9-12-21;1-2(3)4/h6,8-9,11-19H,2-5,7,10H2,1H3;1H3,(H,3,4). The first-order valence-electron chi connectivity index (χ1n) is 10.4. The summed E-state index contributed by atoms with van der Waals surface area (Å²) in [4.78, 5) is 13.7. The highest BCUT2D eigenvalue weighted by molar-refractivity contribution is 5.68. The lowest BCUT2D eigenvalue weighted by atomic mass is 10.0. The van der Waals surface area contributed by atoms with Gasteiger partial charge in [-0.15, -0.1) is 0 Å². The van der Waals surface area contributed by atoms with Gasteiger partial charge in [-0.2, -0.15) is 0 Å². The molecule has 0 spiro atoms. The van der Waals surface area contributed by atoms with E-state index < -0.39 is 5.97 Å². The zero-order valence-electron chi connectivity index (χ0n) is 17.5. The van der Waals surface area contributed by atoms with Crippen LogP contribution in [-0.2, 0) is 11.2 Å². The van der Waals surface area contributed by atoms with Crippen molar-refractivity contribution in [2.45, 2.75) is 52.4 Å². The van der Waals surface area contributed by atoms with E-state index in [1.165, 1.54) is 54.4 Å². The number of carboxylic acids is 1. The quantitative estimate of drug-likeness (QED) is 0.421. The van der Waals surface area contributed by atoms with Gasteiger partial charge in [0.15, 0.2) is 0 Å². The first-order chi connectivity index (χ1) is 14.1. The number of pyridine rings is 1. The number of rotatable bonds is 8. The Morgan fingerprint density at radius 3 is 1.97 bits per heavy atom. The minimum Gasteiger partial charge on any atom is -0.481 e. The molecule has 3 nitrogen and oxygen atoms in total. The van der Waals surface area contributed by atoms with Crippen molar-refractivity contribution >= 4 is 5.97 Å². The molecule has 0 atom stereocenters. The third-order valence-corrected chi connectivity index (χ3v) is 4.68. The molecule has 0 aliphatic carbocycles. The lowest BCUT2D eigenvalue weighted by molar-refractivity contribution is -0.134. The van der Waals surface area contributed by atoms with Gasteiger partial charge in [0.05, 0.1) is 5.69 Å². The number of benzene rings is 2. The van der Waals surface area contributed by atoms with Gasteiger partial charge in [0.2, 0.25) is 0 Å². The van der Waals surface area contributed by atoms with Crippen LogP contribution in [0.4, 0.5) is 0 Å². The summed E-state index contributed by atoms with van der Waals surface area (Å²) in [6.07, 6.45) is 9.80. The molecule has 152 valence electrons. The van der Waals surface area contributed by atoms with Gasteiger partial charge in [-0.1, -0.05) is 93.3 Å². The Morgan fingerprint density at radius 1 is 0.793 bits per heavy atom. The largest absolute Gasteiger partial charge is 0.481 e. The van der Waals surface area contributed by atoms with Crippen molar-refractivity contribution in [2.75, 3.05) is 0 Å². The average molecular weight is 390 g/mol. The summed E-state index contributed by atoms with van der Waals surface area (Å²) in [7, 11) is 0. The Labute approximate surface area is 174 Å². The van der Waals surface area contributed by atoms with Crippen LogP contribution in [0.15, 0.2) is 72.9 Å². The number of aryl methyl sites for hydroxylation is 1. The second kappa shape index (κ2) is 12.5. The van der Waals surface area contributed by atoms with Gasteiger partial charge >= 0.3 is 0 Å². The molecule has 0 aliphatic rings. The minimum atomic E-state index is -0.833. The van der Waals surface area contributed by atoms with Crippen LogP contribution in [0.3, 0.4) is 0 Å². The van der Waals surface area contributed by atoms with E-state index in [4.69, 9.17) is 9.90 Å². The summed E-state index contributed by atoms with van der Waals surface area (Å²) in [5.74, 6) is -0.833. The minimum absolute atomic E-state index is 0.833. The average Bonchev–Trinajstić information content (AvgIpc) is 2.74. The first kappa shape index (κ1) is 22.4. The Kier molecular flexibility index (Phi) is 9.64. The molecule has 0 bridgehead atoms. The van der Waals surface area contributed by atoms with Crippen LogP contribution in [0.1, 0.15) is 51.5 Å². The van der Waals surface area contributed by atoms with Gasteiger partial charge in [-0.25, -0.2) is 0 Å². The molecule has 1 aromatic heterocycles. The summed E-state index contributed by atoms with van der Waals surface area (Å²) in [6.45, 7) is 3.34. The predicted octanol–water partition coefficient (Wildman–Crippen LogP) is 7.02. The van der Waals surface area contributed by atoms with Crippen molar-refractivity contribution in [3.05, 3.63) is 78.5 Å². The van der Waals surface area contributed by atoms with Gasteiger partial charge in [-0.05, 0) is 35.6 Å². The monoisotopic (exact) mass is 389 g/mol. The van der Waals surface area contributed by atoms with E-state index >= 15 is 0 Å². The lowest BCUT2D eigenvalue weighted by Gasteiger charge is -2.06. The molecule has 0 amide bonds. The maximum atomic E-state index is 9.00. The van der Waals surface area contributed by atoms with Crippen molar-refractivity contribution in [2.24, 2.45) is 0 Å². The highest BCUT2D eigenvalue weighted by atomic mass is 16.4. The number of hydrogen-bond donors (Lipinski definition) is 1. The van der Waals surface area contributed by atoms with Crippen molar-refractivity contribution in [3.8, 4) is 22.4 Å². The number of carbonyl (C=O) groups is 1. The van der Waals surface area contributed by atoms with Crippen LogP contribution in [0.5, 0.6) is 0 Å². The van der Waals surface area contributed by atoms with E-state index in [2.05, 4.69) is 72.6 Å². The van der Waals surface area contributed by atoms with E-state index in [0.29, 0.717) is 0 Å². The Morgan fingerprint density at radius 2 is 1.38 bits per heavy atom. The molecule has 0 unspecified atom stereocenters. The Bertz CT molecular complexity index is 836. The number of aliphatic carboxylic acids is 1. The molecule has 29 heavy (non-hydrogen) atoms. The second-order valence-corrected chi connectivity index (χ2v) is 7.18. The summed E-state index contributed by atoms with van der Waals surface area (Å²) in [6, 6.07) is 23.5. The maximum absolute atomic E-state index is 9.00. The molecular formula is C26H31NO2. The fourth-order valence-corrected chi connectivity index (χ4v) is 3.14. The Balaban J connectivity index is 0.000000687. The van der Waals surface area contributed by atoms with Gasteiger partial charge in [0.1, 0.15) is 0 Å². The second-order valence-electron chi connectivity index (χ2n) is 7.18. The molecule has 3 aromatic rings. The number of hydrogen-bond acceptors (Lipinski definition) is 2. The van der Waals surface area contributed by atoms with Crippen LogP contribution >= 0.6 is 0 Å². The molecule has 0 radical (unpaired) electrons. The van der Waals surface area contributed by atoms with Crippen LogP contribution in [0.25, 0.3) is 22.4 Å². The Hall–Kier alpha value is -2.94. The highest BCUT2D eigenvalue weighted by Gasteiger charge is 2.02. The van der Waals surface area contributed by atoms with Crippen molar-refractivity contribution in [3.63, 3.8) is 0 Å². The van der Waals surface area contributed by atoms with Crippen LogP contribution in [0.2, 0.25) is 0 Å². The van der Waals surface area contributed by atoms with E-state index in [9.17, 15) is 0 Å². The summed E-state index contributed by atoms with van der Waals surface area (Å²) < 4.78 is 0. The normalized spacial score (nSPS) is 10.1. The summed E-state index contributed by atoms with van der Waals surface area (Å²) >= 11 is 0. The van der Waals surface area contributed by atoms with Crippen LogP contribution in [0, 0.1) is 0 Å². The number of aromatic nitrogens is 1. The van der Waals surface area contributed by atoms with E-state index in [1.54, 1.807) is 0 Å². The van der Waals surface area contributed by atoms with Crippen molar-refractivity contribution < 1.29 is 9.90 Å². The molecule has 1 heterocycles. The molecule has 0 saturated heterocycles. The molecule has 3 heteroatoms. The molecule has 2 aromatic carbocycles. The molecule has 0 aliphatic heterocycles. The SMILES string of the molecule is CC(=O)O.CCCCCCCc1ccc(-c2ccc(-c3ccccc3)cc2)nc1. The summed E-state index contributed by atoms with van der Waals surface area (Å²) in [5.41, 5.74) is 6.07. The predicted molar refractivity (Wildman–Crippen MR) is 121 cm³/mol. The highest BCUT2D eigenvalue weighted by Crippen LogP contribution is 2.24. The van der Waals surface area contributed by atoms with E-state index in [1.807, 2.05) is 12.3 Å². The molecular weight excluding hydrogens is 358 g/mol. The third kappa shape index (κ3) is 8.30. The van der Waals surface area contributed by atoms with Gasteiger partial charge < -0.3 is 5.11 Å². The van der Waals surface area contributed by atoms with Gasteiger partial charge in [0, 0.05) is 18.7 Å². The molecule has 0 fully saturated rings. The topological polar surface area (TPSA) is 50.2 Å². The molecule has 1 N–H and O–H groups in total. The molecule has 3 rings (SSSR count). The zero-order valence-corrected chi connectivity index (χ0v) is 17.5. The van der Waals surface area contributed by atoms with Crippen LogP contribution in [-0.4, -0.2) is 16.1 Å². The van der Waals surface area contributed by atoms with Gasteiger partial charge in [-0.3, -0.25) is 9.78 Å². The summed E-state index contributed by atoms with van der Waals surface area (Å²) in [5, 5.41) is 7.42. The molecule has 0 saturated carbocycles. The first-order valence-corrected chi connectivity index (χ1v) is 10.4. The maximum Gasteiger partial charge on any atom is 0.300 e. The van der Waals surface area contributed by atoms with E-state index in [-0.39, 0.29) is 0 Å². The van der Waals surface area contributed by atoms with E-state index in [0.717, 1.165) is 19.0 Å². The fourth-order valence-electron chi connectivity index (χ4n) is 3.14. The number of unbranched alkanes of at least 4 members (excludes halogenated alkanes) is 4. The third-order valence-electron chi connectivity index (χ3n) is 4.68. The van der Waals surface area contributed by atoms with Crippen LogP contribution < -0.4 is 0 Å². The number of nitrogens with zero attached hydrogens (tertiary/aromatic N) is 1. The lowest BCUT2D eigenvalue weighted by Crippen LogP contribution is -1.90. The van der Waals surface area contributed by atoms with Gasteiger partial charge in [0.25, 0.3) is 5.97 Å². The number of carboxylic acid groups (broad SMARTS) is 1. The van der Waals surface area contributed by atoms with Crippen molar-refractivity contribution in [1.29, 1.82) is 0 Å². The fraction of sp³-hybridized carbons (Fsp3) is 0.308. The smallest absolute Gasteiger partial charge is 0.300 e.